The van der Waals surface area contributed by atoms with Gasteiger partial charge in [-0.2, -0.15) is 0 Å². The highest BCUT2D eigenvalue weighted by molar-refractivity contribution is 6.07. The number of aromatic nitrogens is 2. The Balaban J connectivity index is 1.28. The first-order chi connectivity index (χ1) is 19.2. The maximum atomic E-state index is 13.8. The average molecular weight is 517 g/mol. The molecule has 4 aromatic carbocycles. The average Bonchev–Trinajstić information content (AvgIpc) is 3.53. The first kappa shape index (κ1) is 25.3. The van der Waals surface area contributed by atoms with Crippen molar-refractivity contribution in [1.82, 2.24) is 19.8 Å². The predicted octanol–water partition coefficient (Wildman–Crippen LogP) is 7.02. The van der Waals surface area contributed by atoms with E-state index in [0.29, 0.717) is 6.54 Å². The number of piperazine rings is 1. The van der Waals surface area contributed by atoms with Crippen LogP contribution in [0.4, 0.5) is 0 Å². The number of amides is 1. The molecule has 2 atom stereocenters. The van der Waals surface area contributed by atoms with Crippen LogP contribution in [0.15, 0.2) is 97.5 Å². The minimum Gasteiger partial charge on any atom is -0.347 e. The van der Waals surface area contributed by atoms with Gasteiger partial charge in [0.25, 0.3) is 5.91 Å². The normalized spacial score (nSPS) is 17.1. The Hall–Kier alpha value is -3.96. The third-order valence-corrected chi connectivity index (χ3v) is 8.25. The first-order valence-electron chi connectivity index (χ1n) is 14.2. The Morgan fingerprint density at radius 3 is 2.56 bits per heavy atom. The van der Waals surface area contributed by atoms with Gasteiger partial charge in [-0.3, -0.25) is 9.69 Å². The number of unbranched alkanes of at least 4 members (excludes halogenated alkanes) is 1. The van der Waals surface area contributed by atoms with Crippen molar-refractivity contribution in [3.05, 3.63) is 114 Å². The van der Waals surface area contributed by atoms with Crippen molar-refractivity contribution in [1.29, 1.82) is 0 Å². The zero-order chi connectivity index (χ0) is 26.6. The highest BCUT2D eigenvalue weighted by atomic mass is 16.2. The highest BCUT2D eigenvalue weighted by Crippen LogP contribution is 2.32. The topological polar surface area (TPSA) is 52.2 Å². The number of nitrogens with one attached hydrogen (secondary N) is 1. The van der Waals surface area contributed by atoms with Crippen LogP contribution in [0.3, 0.4) is 0 Å². The number of hydrogen-bond acceptors (Lipinski definition) is 3. The zero-order valence-electron chi connectivity index (χ0n) is 22.6. The van der Waals surface area contributed by atoms with Crippen molar-refractivity contribution in [3.63, 3.8) is 0 Å². The lowest BCUT2D eigenvalue weighted by molar-refractivity contribution is 0.0277. The number of rotatable bonds is 8. The van der Waals surface area contributed by atoms with Crippen molar-refractivity contribution in [2.45, 2.75) is 44.7 Å². The van der Waals surface area contributed by atoms with E-state index in [-0.39, 0.29) is 18.0 Å². The van der Waals surface area contributed by atoms with Crippen molar-refractivity contribution in [2.75, 3.05) is 19.6 Å². The summed E-state index contributed by atoms with van der Waals surface area (Å²) in [4.78, 5) is 26.4. The maximum absolute atomic E-state index is 13.8. The van der Waals surface area contributed by atoms with E-state index in [1.54, 1.807) is 6.33 Å². The Bertz CT molecular complexity index is 1560. The van der Waals surface area contributed by atoms with E-state index in [1.165, 1.54) is 16.3 Å². The summed E-state index contributed by atoms with van der Waals surface area (Å²) >= 11 is 0. The van der Waals surface area contributed by atoms with E-state index in [4.69, 9.17) is 0 Å². The summed E-state index contributed by atoms with van der Waals surface area (Å²) in [5, 5.41) is 4.68. The molecular formula is C34H36N4O. The summed E-state index contributed by atoms with van der Waals surface area (Å²) in [5.41, 5.74) is 3.26. The number of carbonyl (C=O) groups is 1. The van der Waals surface area contributed by atoms with E-state index >= 15 is 0 Å². The van der Waals surface area contributed by atoms with Crippen molar-refractivity contribution < 1.29 is 4.79 Å². The van der Waals surface area contributed by atoms with Crippen molar-refractivity contribution >= 4 is 27.5 Å². The molecule has 0 bridgehead atoms. The molecule has 5 aromatic rings. The van der Waals surface area contributed by atoms with Gasteiger partial charge < -0.3 is 9.88 Å². The Morgan fingerprint density at radius 2 is 1.74 bits per heavy atom. The summed E-state index contributed by atoms with van der Waals surface area (Å²) in [6.45, 7) is 4.53. The van der Waals surface area contributed by atoms with Gasteiger partial charge in [0.2, 0.25) is 0 Å². The summed E-state index contributed by atoms with van der Waals surface area (Å²) in [6.07, 6.45) is 8.00. The van der Waals surface area contributed by atoms with Gasteiger partial charge in [-0.15, -0.1) is 0 Å². The number of carbonyl (C=O) groups excluding carboxylic acids is 1. The summed E-state index contributed by atoms with van der Waals surface area (Å²) in [6, 6.07) is 30.0. The smallest absolute Gasteiger partial charge is 0.254 e. The fourth-order valence-corrected chi connectivity index (χ4v) is 6.19. The Labute approximate surface area is 230 Å². The van der Waals surface area contributed by atoms with E-state index in [0.717, 1.165) is 60.8 Å². The molecule has 1 unspecified atom stereocenters. The molecule has 0 radical (unpaired) electrons. The third kappa shape index (κ3) is 5.32. The van der Waals surface area contributed by atoms with E-state index in [2.05, 4.69) is 87.4 Å². The van der Waals surface area contributed by atoms with Crippen LogP contribution in [-0.2, 0) is 6.42 Å². The zero-order valence-corrected chi connectivity index (χ0v) is 22.6. The lowest BCUT2D eigenvalue weighted by atomic mass is 9.95. The van der Waals surface area contributed by atoms with Gasteiger partial charge in [0, 0.05) is 37.4 Å². The summed E-state index contributed by atoms with van der Waals surface area (Å²) in [7, 11) is 0. The third-order valence-electron chi connectivity index (χ3n) is 8.25. The van der Waals surface area contributed by atoms with Gasteiger partial charge in [0.15, 0.2) is 0 Å². The van der Waals surface area contributed by atoms with Gasteiger partial charge in [0.1, 0.15) is 0 Å². The highest BCUT2D eigenvalue weighted by Gasteiger charge is 2.35. The molecule has 1 aliphatic heterocycles. The number of benzene rings is 4. The lowest BCUT2D eigenvalue weighted by Gasteiger charge is -2.45. The minimum absolute atomic E-state index is 0.139. The molecule has 1 N–H and O–H groups in total. The number of fused-ring (bicyclic) bond motifs is 2. The molecule has 1 aromatic heterocycles. The molecule has 1 aliphatic rings. The molecule has 5 heteroatoms. The Kier molecular flexibility index (Phi) is 7.42. The van der Waals surface area contributed by atoms with Crippen LogP contribution in [-0.4, -0.2) is 51.4 Å². The van der Waals surface area contributed by atoms with E-state index < -0.39 is 0 Å². The molecular weight excluding hydrogens is 480 g/mol. The number of aromatic amines is 1. The molecule has 0 saturated carbocycles. The van der Waals surface area contributed by atoms with Crippen LogP contribution in [0.25, 0.3) is 21.5 Å². The molecule has 6 rings (SSSR count). The first-order valence-corrected chi connectivity index (χ1v) is 14.2. The molecule has 1 saturated heterocycles. The molecule has 198 valence electrons. The molecule has 0 aliphatic carbocycles. The van der Waals surface area contributed by atoms with Gasteiger partial charge in [-0.1, -0.05) is 98.6 Å². The second-order valence-corrected chi connectivity index (χ2v) is 10.7. The van der Waals surface area contributed by atoms with Gasteiger partial charge in [-0.25, -0.2) is 4.98 Å². The summed E-state index contributed by atoms with van der Waals surface area (Å²) < 4.78 is 0. The quantitative estimate of drug-likeness (QED) is 0.241. The number of nitrogens with zero attached hydrogens (tertiary/aromatic N) is 3. The summed E-state index contributed by atoms with van der Waals surface area (Å²) in [5.74, 6) is 0.139. The van der Waals surface area contributed by atoms with Crippen LogP contribution in [0.2, 0.25) is 0 Å². The van der Waals surface area contributed by atoms with E-state index in [9.17, 15) is 4.79 Å². The van der Waals surface area contributed by atoms with Crippen LogP contribution < -0.4 is 0 Å². The molecule has 39 heavy (non-hydrogen) atoms. The molecule has 1 fully saturated rings. The minimum atomic E-state index is 0.139. The lowest BCUT2D eigenvalue weighted by Crippen LogP contribution is -2.56. The second-order valence-electron chi connectivity index (χ2n) is 10.7. The van der Waals surface area contributed by atoms with Crippen molar-refractivity contribution in [2.24, 2.45) is 0 Å². The van der Waals surface area contributed by atoms with Gasteiger partial charge in [0.05, 0.1) is 18.1 Å². The van der Waals surface area contributed by atoms with Crippen LogP contribution in [0, 0.1) is 0 Å². The molecule has 5 nitrogen and oxygen atoms in total. The molecule has 1 amide bonds. The number of hydrogen-bond donors (Lipinski definition) is 1. The maximum Gasteiger partial charge on any atom is 0.254 e. The van der Waals surface area contributed by atoms with Gasteiger partial charge >= 0.3 is 0 Å². The van der Waals surface area contributed by atoms with Crippen LogP contribution in [0.5, 0.6) is 0 Å². The Morgan fingerprint density at radius 1 is 0.949 bits per heavy atom. The monoisotopic (exact) mass is 516 g/mol. The standard InChI is InChI=1S/C34H36N4O/c1-2-3-13-29-23-37(34(39)31-15-8-12-27-10-6-7-14-30(27)31)18-19-38(29)33(32-22-35-24-36-32)21-25-16-17-26-9-4-5-11-28(26)20-25/h4-12,14-17,20,22,24,29,33H,2-3,13,18-19,21,23H2,1H3,(H,35,36)/t29-,33?/m0/s1. The van der Waals surface area contributed by atoms with Crippen molar-refractivity contribution in [3.8, 4) is 0 Å². The number of H-pyrrole nitrogens is 1. The fourth-order valence-electron chi connectivity index (χ4n) is 6.19. The second kappa shape index (κ2) is 11.4. The van der Waals surface area contributed by atoms with Gasteiger partial charge in [-0.05, 0) is 46.0 Å². The number of imidazole rings is 1. The molecule has 0 spiro atoms. The largest absolute Gasteiger partial charge is 0.347 e. The fraction of sp³-hybridized carbons (Fsp3) is 0.294. The van der Waals surface area contributed by atoms with Crippen LogP contribution in [0.1, 0.15) is 53.8 Å². The van der Waals surface area contributed by atoms with E-state index in [1.807, 2.05) is 30.5 Å². The predicted molar refractivity (Wildman–Crippen MR) is 159 cm³/mol. The molecule has 2 heterocycles. The van der Waals surface area contributed by atoms with Crippen LogP contribution >= 0.6 is 0 Å². The SMILES string of the molecule is CCCC[C@H]1CN(C(=O)c2cccc3ccccc23)CCN1C(Cc1ccc2ccccc2c1)c1cnc[nH]1.